The van der Waals surface area contributed by atoms with Gasteiger partial charge in [0.05, 0.1) is 29.0 Å². The molecule has 1 amide bonds. The van der Waals surface area contributed by atoms with E-state index in [2.05, 4.69) is 5.32 Å². The number of thiophene rings is 1. The summed E-state index contributed by atoms with van der Waals surface area (Å²) in [6.45, 7) is 6.57. The largest absolute Gasteiger partial charge is 0.370 e. The molecule has 0 unspecified atom stereocenters. The number of rotatable bonds is 5. The van der Waals surface area contributed by atoms with Crippen LogP contribution >= 0.6 is 23.1 Å². The smallest absolute Gasteiger partial charge is 0.267 e. The van der Waals surface area contributed by atoms with Crippen molar-refractivity contribution in [2.24, 2.45) is 0 Å². The molecular weight excluding hydrogens is 514 g/mol. The van der Waals surface area contributed by atoms with Crippen molar-refractivity contribution in [3.05, 3.63) is 93.1 Å². The van der Waals surface area contributed by atoms with Crippen molar-refractivity contribution < 1.29 is 9.53 Å². The summed E-state index contributed by atoms with van der Waals surface area (Å²) in [4.78, 5) is 33.8. The molecule has 38 heavy (non-hydrogen) atoms. The Bertz CT molecular complexity index is 1770. The molecule has 6 nitrogen and oxygen atoms in total. The van der Waals surface area contributed by atoms with E-state index in [-0.39, 0.29) is 22.8 Å². The topological polar surface area (TPSA) is 73.2 Å². The van der Waals surface area contributed by atoms with Gasteiger partial charge in [0, 0.05) is 22.4 Å². The first kappa shape index (κ1) is 24.9. The molecule has 1 N–H and O–H groups in total. The highest BCUT2D eigenvalue weighted by molar-refractivity contribution is 7.99. The fourth-order valence-electron chi connectivity index (χ4n) is 4.92. The van der Waals surface area contributed by atoms with Gasteiger partial charge in [0.15, 0.2) is 5.16 Å². The van der Waals surface area contributed by atoms with Crippen LogP contribution in [0.25, 0.3) is 26.7 Å². The van der Waals surface area contributed by atoms with Crippen LogP contribution in [0.15, 0.2) is 76.7 Å². The maximum absolute atomic E-state index is 14.1. The van der Waals surface area contributed by atoms with E-state index in [0.29, 0.717) is 28.4 Å². The first-order chi connectivity index (χ1) is 18.3. The van der Waals surface area contributed by atoms with E-state index in [0.717, 1.165) is 38.2 Å². The summed E-state index contributed by atoms with van der Waals surface area (Å²) in [6.07, 6.45) is 0.660. The number of nitrogens with zero attached hydrogens (tertiary/aromatic N) is 2. The van der Waals surface area contributed by atoms with Gasteiger partial charge in [-0.1, -0.05) is 60.3 Å². The van der Waals surface area contributed by atoms with Crippen LogP contribution in [0.3, 0.4) is 0 Å². The Morgan fingerprint density at radius 1 is 1.13 bits per heavy atom. The van der Waals surface area contributed by atoms with Crippen LogP contribution < -0.4 is 10.9 Å². The third-order valence-electron chi connectivity index (χ3n) is 6.73. The van der Waals surface area contributed by atoms with Crippen molar-refractivity contribution >= 4 is 55.7 Å². The number of hydrogen-bond acceptors (Lipinski definition) is 6. The summed E-state index contributed by atoms with van der Waals surface area (Å²) in [5.74, 6) is -0.0362. The van der Waals surface area contributed by atoms with E-state index in [1.54, 1.807) is 4.57 Å². The molecule has 2 aromatic heterocycles. The average molecular weight is 542 g/mol. The molecule has 3 aromatic carbocycles. The number of hydrogen-bond donors (Lipinski definition) is 1. The SMILES string of the molecule is Cc1cccc(-n2c(SCC(=O)Nc3cccc4ccccc34)nc3sc4c(c3c2=O)CC(C)(C)OC4)c1. The van der Waals surface area contributed by atoms with E-state index in [4.69, 9.17) is 9.72 Å². The quantitative estimate of drug-likeness (QED) is 0.203. The number of carbonyl (C=O) groups excluding carboxylic acids is 1. The molecule has 6 rings (SSSR count). The maximum Gasteiger partial charge on any atom is 0.267 e. The molecule has 1 aliphatic rings. The Morgan fingerprint density at radius 3 is 2.76 bits per heavy atom. The molecule has 0 bridgehead atoms. The van der Waals surface area contributed by atoms with Gasteiger partial charge in [-0.05, 0) is 55.5 Å². The van der Waals surface area contributed by atoms with Gasteiger partial charge in [-0.3, -0.25) is 14.2 Å². The summed E-state index contributed by atoms with van der Waals surface area (Å²) in [7, 11) is 0. The Balaban J connectivity index is 1.38. The van der Waals surface area contributed by atoms with Crippen LogP contribution in [0.4, 0.5) is 5.69 Å². The van der Waals surface area contributed by atoms with E-state index in [1.165, 1.54) is 23.1 Å². The molecule has 0 saturated carbocycles. The number of carbonyl (C=O) groups is 1. The van der Waals surface area contributed by atoms with Crippen molar-refractivity contribution in [3.8, 4) is 5.69 Å². The van der Waals surface area contributed by atoms with Crippen molar-refractivity contribution in [1.29, 1.82) is 0 Å². The number of thioether (sulfide) groups is 1. The number of amides is 1. The average Bonchev–Trinajstić information content (AvgIpc) is 3.24. The van der Waals surface area contributed by atoms with Gasteiger partial charge in [-0.15, -0.1) is 11.3 Å². The fraction of sp³-hybridized carbons (Fsp3) is 0.233. The lowest BCUT2D eigenvalue weighted by Gasteiger charge is -2.29. The minimum absolute atomic E-state index is 0.104. The lowest BCUT2D eigenvalue weighted by Crippen LogP contribution is -2.32. The molecule has 3 heterocycles. The third-order valence-corrected chi connectivity index (χ3v) is 8.77. The monoisotopic (exact) mass is 541 g/mol. The third kappa shape index (κ3) is 4.64. The number of aryl methyl sites for hydroxylation is 1. The Kier molecular flexibility index (Phi) is 6.34. The lowest BCUT2D eigenvalue weighted by molar-refractivity contribution is -0.113. The van der Waals surface area contributed by atoms with Crippen molar-refractivity contribution in [2.45, 2.75) is 44.6 Å². The van der Waals surface area contributed by atoms with Crippen LogP contribution in [-0.2, 0) is 22.6 Å². The van der Waals surface area contributed by atoms with E-state index >= 15 is 0 Å². The highest BCUT2D eigenvalue weighted by Gasteiger charge is 2.31. The predicted molar refractivity (Wildman–Crippen MR) is 156 cm³/mol. The summed E-state index contributed by atoms with van der Waals surface area (Å²) < 4.78 is 7.66. The van der Waals surface area contributed by atoms with Crippen LogP contribution in [0.1, 0.15) is 29.9 Å². The number of anilines is 1. The normalized spacial score (nSPS) is 14.5. The summed E-state index contributed by atoms with van der Waals surface area (Å²) in [5, 5.41) is 6.24. The van der Waals surface area contributed by atoms with Crippen molar-refractivity contribution in [1.82, 2.24) is 9.55 Å². The number of fused-ring (bicyclic) bond motifs is 4. The molecule has 8 heteroatoms. The number of nitrogens with one attached hydrogen (secondary N) is 1. The zero-order valence-corrected chi connectivity index (χ0v) is 23.0. The van der Waals surface area contributed by atoms with Gasteiger partial charge in [0.25, 0.3) is 5.56 Å². The molecule has 0 spiro atoms. The van der Waals surface area contributed by atoms with E-state index in [9.17, 15) is 9.59 Å². The molecule has 0 saturated heterocycles. The number of aromatic nitrogens is 2. The van der Waals surface area contributed by atoms with E-state index < -0.39 is 0 Å². The van der Waals surface area contributed by atoms with Crippen LogP contribution in [0, 0.1) is 6.92 Å². The Hall–Kier alpha value is -3.46. The molecule has 5 aromatic rings. The molecule has 0 aliphatic carbocycles. The minimum atomic E-state index is -0.339. The van der Waals surface area contributed by atoms with Crippen LogP contribution in [0.5, 0.6) is 0 Å². The van der Waals surface area contributed by atoms with Gasteiger partial charge in [0.2, 0.25) is 5.91 Å². The number of ether oxygens (including phenoxy) is 1. The standard InChI is InChI=1S/C30H27N3O3S2/c1-18-8-6-11-20(14-18)33-28(35)26-22-15-30(2,3)36-16-24(22)38-27(26)32-29(33)37-17-25(34)31-23-13-7-10-19-9-4-5-12-21(19)23/h4-14H,15-17H2,1-3H3,(H,31,34). The Labute approximate surface area is 228 Å². The van der Waals surface area contributed by atoms with Gasteiger partial charge < -0.3 is 10.1 Å². The van der Waals surface area contributed by atoms with Crippen molar-refractivity contribution in [3.63, 3.8) is 0 Å². The summed E-state index contributed by atoms with van der Waals surface area (Å²) in [5.41, 5.74) is 3.14. The molecule has 0 fully saturated rings. The Morgan fingerprint density at radius 2 is 1.92 bits per heavy atom. The molecule has 0 atom stereocenters. The highest BCUT2D eigenvalue weighted by atomic mass is 32.2. The summed E-state index contributed by atoms with van der Waals surface area (Å²) in [6, 6.07) is 21.6. The lowest BCUT2D eigenvalue weighted by atomic mass is 9.94. The first-order valence-corrected chi connectivity index (χ1v) is 14.3. The second kappa shape index (κ2) is 9.69. The van der Waals surface area contributed by atoms with Crippen LogP contribution in [0.2, 0.25) is 0 Å². The molecule has 1 aliphatic heterocycles. The predicted octanol–water partition coefficient (Wildman–Crippen LogP) is 6.49. The van der Waals surface area contributed by atoms with E-state index in [1.807, 2.05) is 87.5 Å². The first-order valence-electron chi connectivity index (χ1n) is 12.5. The zero-order chi connectivity index (χ0) is 26.4. The van der Waals surface area contributed by atoms with Crippen molar-refractivity contribution in [2.75, 3.05) is 11.1 Å². The minimum Gasteiger partial charge on any atom is -0.370 e. The highest BCUT2D eigenvalue weighted by Crippen LogP contribution is 2.38. The molecule has 0 radical (unpaired) electrons. The van der Waals surface area contributed by atoms with Gasteiger partial charge in [-0.25, -0.2) is 4.98 Å². The fourth-order valence-corrected chi connectivity index (χ4v) is 6.87. The second-order valence-electron chi connectivity index (χ2n) is 10.1. The van der Waals surface area contributed by atoms with Gasteiger partial charge in [-0.2, -0.15) is 0 Å². The van der Waals surface area contributed by atoms with Gasteiger partial charge >= 0.3 is 0 Å². The zero-order valence-electron chi connectivity index (χ0n) is 21.4. The maximum atomic E-state index is 14.1. The van der Waals surface area contributed by atoms with Gasteiger partial charge in [0.1, 0.15) is 4.83 Å². The van der Waals surface area contributed by atoms with Crippen LogP contribution in [-0.4, -0.2) is 26.8 Å². The molecule has 192 valence electrons. The second-order valence-corrected chi connectivity index (χ2v) is 12.2. The molecular formula is C30H27N3O3S2. The summed E-state index contributed by atoms with van der Waals surface area (Å²) >= 11 is 2.78. The number of benzene rings is 3.